The van der Waals surface area contributed by atoms with Crippen LogP contribution in [0.15, 0.2) is 18.2 Å². The number of halogens is 2. The summed E-state index contributed by atoms with van der Waals surface area (Å²) in [6.45, 7) is 6.50. The average Bonchev–Trinajstić information content (AvgIpc) is 3.04. The van der Waals surface area contributed by atoms with E-state index in [-0.39, 0.29) is 29.2 Å². The Bertz CT molecular complexity index is 692. The molecule has 3 rings (SSSR count). The summed E-state index contributed by atoms with van der Waals surface area (Å²) >= 11 is 5.80. The Morgan fingerprint density at radius 3 is 2.78 bits per heavy atom. The number of nitrogens with zero attached hydrogens (tertiary/aromatic N) is 2. The molecule has 1 aromatic rings. The lowest BCUT2D eigenvalue weighted by molar-refractivity contribution is -0.126. The van der Waals surface area contributed by atoms with Gasteiger partial charge in [-0.3, -0.25) is 9.59 Å². The SMILES string of the molecule is CC1CCN(CCCNC(=O)[C@H]2CC(=O)N(c3ccc(F)c(Cl)c3)C2)CC1. The average molecular weight is 396 g/mol. The van der Waals surface area contributed by atoms with Gasteiger partial charge >= 0.3 is 0 Å². The molecule has 0 radical (unpaired) electrons. The van der Waals surface area contributed by atoms with Crippen LogP contribution in [0, 0.1) is 17.7 Å². The van der Waals surface area contributed by atoms with E-state index in [1.54, 1.807) is 0 Å². The van der Waals surface area contributed by atoms with Crippen molar-refractivity contribution < 1.29 is 14.0 Å². The highest BCUT2D eigenvalue weighted by Gasteiger charge is 2.35. The van der Waals surface area contributed by atoms with Crippen LogP contribution in [0.1, 0.15) is 32.6 Å². The van der Waals surface area contributed by atoms with Crippen molar-refractivity contribution >= 4 is 29.1 Å². The summed E-state index contributed by atoms with van der Waals surface area (Å²) in [4.78, 5) is 28.6. The van der Waals surface area contributed by atoms with Gasteiger partial charge in [-0.15, -0.1) is 0 Å². The highest BCUT2D eigenvalue weighted by molar-refractivity contribution is 6.31. The van der Waals surface area contributed by atoms with Gasteiger partial charge in [-0.05, 0) is 63.0 Å². The molecule has 0 bridgehead atoms. The van der Waals surface area contributed by atoms with E-state index in [2.05, 4.69) is 17.1 Å². The molecule has 1 atom stereocenters. The summed E-state index contributed by atoms with van der Waals surface area (Å²) < 4.78 is 13.3. The molecule has 1 N–H and O–H groups in total. The number of carbonyl (C=O) groups is 2. The van der Waals surface area contributed by atoms with Gasteiger partial charge in [0.2, 0.25) is 11.8 Å². The normalized spacial score (nSPS) is 21.7. The second-order valence-corrected chi connectivity index (χ2v) is 8.08. The van der Waals surface area contributed by atoms with Gasteiger partial charge in [0.25, 0.3) is 0 Å². The monoisotopic (exact) mass is 395 g/mol. The molecule has 0 saturated carbocycles. The Hall–Kier alpha value is -1.66. The molecule has 2 saturated heterocycles. The van der Waals surface area contributed by atoms with E-state index in [4.69, 9.17) is 11.6 Å². The number of hydrogen-bond donors (Lipinski definition) is 1. The van der Waals surface area contributed by atoms with Gasteiger partial charge in [-0.1, -0.05) is 18.5 Å². The molecule has 2 amide bonds. The minimum absolute atomic E-state index is 0.0275. The first kappa shape index (κ1) is 20.1. The van der Waals surface area contributed by atoms with E-state index in [0.717, 1.165) is 32.0 Å². The molecule has 0 aromatic heterocycles. The van der Waals surface area contributed by atoms with Crippen LogP contribution in [-0.4, -0.2) is 49.4 Å². The molecule has 2 aliphatic rings. The maximum Gasteiger partial charge on any atom is 0.227 e. The van der Waals surface area contributed by atoms with Crippen LogP contribution in [0.5, 0.6) is 0 Å². The molecular weight excluding hydrogens is 369 g/mol. The Balaban J connectivity index is 1.43. The third kappa shape index (κ3) is 5.20. The molecule has 2 fully saturated rings. The van der Waals surface area contributed by atoms with Crippen molar-refractivity contribution in [2.75, 3.05) is 37.6 Å². The maximum atomic E-state index is 13.3. The topological polar surface area (TPSA) is 52.7 Å². The molecule has 7 heteroatoms. The lowest BCUT2D eigenvalue weighted by Crippen LogP contribution is -2.37. The number of anilines is 1. The predicted octanol–water partition coefficient (Wildman–Crippen LogP) is 3.07. The number of likely N-dealkylation sites (tertiary alicyclic amines) is 1. The largest absolute Gasteiger partial charge is 0.356 e. The fourth-order valence-corrected chi connectivity index (χ4v) is 3.90. The fourth-order valence-electron chi connectivity index (χ4n) is 3.73. The first-order valence-corrected chi connectivity index (χ1v) is 10.1. The molecule has 2 aliphatic heterocycles. The van der Waals surface area contributed by atoms with E-state index >= 15 is 0 Å². The van der Waals surface area contributed by atoms with Crippen molar-refractivity contribution in [3.63, 3.8) is 0 Å². The number of piperidine rings is 1. The molecule has 1 aromatic carbocycles. The third-order valence-electron chi connectivity index (χ3n) is 5.54. The van der Waals surface area contributed by atoms with E-state index in [9.17, 15) is 14.0 Å². The zero-order valence-corrected chi connectivity index (χ0v) is 16.5. The Morgan fingerprint density at radius 1 is 1.33 bits per heavy atom. The molecule has 2 heterocycles. The van der Waals surface area contributed by atoms with Gasteiger partial charge in [-0.25, -0.2) is 4.39 Å². The van der Waals surface area contributed by atoms with E-state index in [1.165, 1.54) is 35.9 Å². The fraction of sp³-hybridized carbons (Fsp3) is 0.600. The first-order valence-electron chi connectivity index (χ1n) is 9.69. The smallest absolute Gasteiger partial charge is 0.227 e. The van der Waals surface area contributed by atoms with Crippen molar-refractivity contribution in [3.8, 4) is 0 Å². The molecule has 148 valence electrons. The minimum atomic E-state index is -0.524. The predicted molar refractivity (Wildman–Crippen MR) is 104 cm³/mol. The Labute approximate surface area is 164 Å². The number of amides is 2. The van der Waals surface area contributed by atoms with Crippen LogP contribution < -0.4 is 10.2 Å². The third-order valence-corrected chi connectivity index (χ3v) is 5.83. The number of nitrogens with one attached hydrogen (secondary N) is 1. The summed E-state index contributed by atoms with van der Waals surface area (Å²) in [5, 5.41) is 2.93. The Kier molecular flexibility index (Phi) is 6.71. The van der Waals surface area contributed by atoms with Crippen molar-refractivity contribution in [3.05, 3.63) is 29.0 Å². The molecule has 0 aliphatic carbocycles. The number of hydrogen-bond acceptors (Lipinski definition) is 3. The summed E-state index contributed by atoms with van der Waals surface area (Å²) in [5.41, 5.74) is 0.529. The van der Waals surface area contributed by atoms with E-state index in [1.807, 2.05) is 0 Å². The van der Waals surface area contributed by atoms with Crippen LogP contribution in [-0.2, 0) is 9.59 Å². The molecule has 5 nitrogen and oxygen atoms in total. The van der Waals surface area contributed by atoms with Gasteiger partial charge in [0, 0.05) is 25.2 Å². The van der Waals surface area contributed by atoms with E-state index < -0.39 is 5.82 Å². The van der Waals surface area contributed by atoms with Gasteiger partial charge in [0.05, 0.1) is 10.9 Å². The zero-order chi connectivity index (χ0) is 19.4. The Morgan fingerprint density at radius 2 is 2.07 bits per heavy atom. The van der Waals surface area contributed by atoms with Crippen LogP contribution >= 0.6 is 11.6 Å². The summed E-state index contributed by atoms with van der Waals surface area (Å²) in [6, 6.07) is 4.17. The number of rotatable bonds is 6. The molecule has 27 heavy (non-hydrogen) atoms. The summed E-state index contributed by atoms with van der Waals surface area (Å²) in [7, 11) is 0. The van der Waals surface area contributed by atoms with Crippen molar-refractivity contribution in [2.45, 2.75) is 32.6 Å². The summed E-state index contributed by atoms with van der Waals surface area (Å²) in [5.74, 6) is -0.312. The number of carbonyl (C=O) groups excluding carboxylic acids is 2. The van der Waals surface area contributed by atoms with E-state index in [0.29, 0.717) is 18.8 Å². The van der Waals surface area contributed by atoms with Crippen LogP contribution in [0.3, 0.4) is 0 Å². The minimum Gasteiger partial charge on any atom is -0.356 e. The van der Waals surface area contributed by atoms with Crippen LogP contribution in [0.4, 0.5) is 10.1 Å². The molecule has 0 spiro atoms. The lowest BCUT2D eigenvalue weighted by atomic mass is 9.99. The number of benzene rings is 1. The first-order chi connectivity index (χ1) is 12.9. The lowest BCUT2D eigenvalue weighted by Gasteiger charge is -2.30. The van der Waals surface area contributed by atoms with Gasteiger partial charge in [0.1, 0.15) is 5.82 Å². The second kappa shape index (κ2) is 9.02. The van der Waals surface area contributed by atoms with Gasteiger partial charge in [0.15, 0.2) is 0 Å². The highest BCUT2D eigenvalue weighted by Crippen LogP contribution is 2.28. The zero-order valence-electron chi connectivity index (χ0n) is 15.7. The van der Waals surface area contributed by atoms with Crippen molar-refractivity contribution in [2.24, 2.45) is 11.8 Å². The van der Waals surface area contributed by atoms with Crippen LogP contribution in [0.2, 0.25) is 5.02 Å². The summed E-state index contributed by atoms with van der Waals surface area (Å²) in [6.07, 6.45) is 3.59. The van der Waals surface area contributed by atoms with Crippen molar-refractivity contribution in [1.82, 2.24) is 10.2 Å². The van der Waals surface area contributed by atoms with Crippen molar-refractivity contribution in [1.29, 1.82) is 0 Å². The van der Waals surface area contributed by atoms with Gasteiger partial charge < -0.3 is 15.1 Å². The standard InChI is InChI=1S/C20H27ClFN3O2/c1-14-5-9-24(10-6-14)8-2-7-23-20(27)15-11-19(26)25(13-15)16-3-4-18(22)17(21)12-16/h3-4,12,14-15H,2,5-11,13H2,1H3,(H,23,27)/t15-/m0/s1. The second-order valence-electron chi connectivity index (χ2n) is 7.67. The maximum absolute atomic E-state index is 13.3. The molecule has 0 unspecified atom stereocenters. The molecular formula is C20H27ClFN3O2. The van der Waals surface area contributed by atoms with Gasteiger partial charge in [-0.2, -0.15) is 0 Å². The van der Waals surface area contributed by atoms with Crippen LogP contribution in [0.25, 0.3) is 0 Å². The quantitative estimate of drug-likeness (QED) is 0.753. The highest BCUT2D eigenvalue weighted by atomic mass is 35.5.